The van der Waals surface area contributed by atoms with Crippen LogP contribution in [-0.4, -0.2) is 119 Å². The summed E-state index contributed by atoms with van der Waals surface area (Å²) in [6.45, 7) is 2.56. The molecule has 4 amide bonds. The van der Waals surface area contributed by atoms with E-state index in [4.69, 9.17) is 9.47 Å². The lowest BCUT2D eigenvalue weighted by Crippen LogP contribution is -2.56. The molecule has 0 aliphatic carbocycles. The van der Waals surface area contributed by atoms with Crippen molar-refractivity contribution in [1.29, 1.82) is 0 Å². The van der Waals surface area contributed by atoms with Gasteiger partial charge >= 0.3 is 12.1 Å². The minimum absolute atomic E-state index is 0.0867. The molecule has 1 saturated heterocycles. The molecule has 1 aliphatic heterocycles. The van der Waals surface area contributed by atoms with E-state index < -0.39 is 29.9 Å². The number of rotatable bonds is 11. The molecule has 14 heteroatoms. The highest BCUT2D eigenvalue weighted by molar-refractivity contribution is 5.96. The number of carboxylic acids is 1. The van der Waals surface area contributed by atoms with E-state index >= 15 is 0 Å². The number of amides is 4. The van der Waals surface area contributed by atoms with E-state index in [1.165, 1.54) is 25.4 Å². The fourth-order valence-electron chi connectivity index (χ4n) is 3.90. The molecule has 216 valence electrons. The fourth-order valence-corrected chi connectivity index (χ4v) is 3.90. The molecule has 0 bridgehead atoms. The van der Waals surface area contributed by atoms with Crippen molar-refractivity contribution in [3.63, 3.8) is 0 Å². The molecule has 1 atom stereocenters. The fraction of sp³-hybridized carbons (Fsp3) is 0.462. The van der Waals surface area contributed by atoms with Crippen LogP contribution in [0.3, 0.4) is 0 Å². The van der Waals surface area contributed by atoms with Gasteiger partial charge in [0.15, 0.2) is 12.3 Å². The Morgan fingerprint density at radius 2 is 1.70 bits per heavy atom. The Bertz CT molecular complexity index is 1210. The number of hydrogen-bond donors (Lipinski definition) is 2. The van der Waals surface area contributed by atoms with Gasteiger partial charge in [0.25, 0.3) is 11.8 Å². The Balaban J connectivity index is 1.77. The molecule has 1 aromatic heterocycles. The summed E-state index contributed by atoms with van der Waals surface area (Å²) in [5, 5.41) is 16.1. The molecule has 1 aliphatic rings. The van der Waals surface area contributed by atoms with Crippen LogP contribution < -0.4 is 10.1 Å². The molecular formula is C26H34N6O8. The smallest absolute Gasteiger partial charge is 0.409 e. The lowest BCUT2D eigenvalue weighted by molar-refractivity contribution is -0.138. The first kappa shape index (κ1) is 29.9. The second-order valence-corrected chi connectivity index (χ2v) is 9.16. The Labute approximate surface area is 231 Å². The summed E-state index contributed by atoms with van der Waals surface area (Å²) in [5.41, 5.74) is 0.489. The molecule has 0 saturated carbocycles. The molecular weight excluding hydrogens is 524 g/mol. The number of nitrogens with one attached hydrogen (secondary N) is 1. The molecule has 2 N–H and O–H groups in total. The summed E-state index contributed by atoms with van der Waals surface area (Å²) in [5.74, 6) is -2.46. The Kier molecular flexibility index (Phi) is 10.4. The Morgan fingerprint density at radius 3 is 2.30 bits per heavy atom. The van der Waals surface area contributed by atoms with E-state index in [1.54, 1.807) is 45.3 Å². The topological polar surface area (TPSA) is 164 Å². The number of aromatic nitrogens is 2. The first-order chi connectivity index (χ1) is 19.1. The monoisotopic (exact) mass is 558 g/mol. The van der Waals surface area contributed by atoms with Crippen molar-refractivity contribution >= 4 is 29.8 Å². The van der Waals surface area contributed by atoms with Crippen LogP contribution in [0.25, 0.3) is 5.69 Å². The van der Waals surface area contributed by atoms with Gasteiger partial charge in [-0.05, 0) is 25.5 Å². The minimum Gasteiger partial charge on any atom is -0.481 e. The van der Waals surface area contributed by atoms with E-state index in [0.29, 0.717) is 5.69 Å². The first-order valence-electron chi connectivity index (χ1n) is 12.8. The van der Waals surface area contributed by atoms with Crippen molar-refractivity contribution in [3.8, 4) is 11.6 Å². The lowest BCUT2D eigenvalue weighted by Gasteiger charge is -2.35. The summed E-state index contributed by atoms with van der Waals surface area (Å²) >= 11 is 0. The van der Waals surface area contributed by atoms with Crippen LogP contribution in [0, 0.1) is 0 Å². The normalized spacial score (nSPS) is 13.8. The third-order valence-electron chi connectivity index (χ3n) is 6.12. The molecule has 1 aromatic carbocycles. The number of aliphatic carboxylic acids is 1. The lowest BCUT2D eigenvalue weighted by atomic mass is 10.1. The van der Waals surface area contributed by atoms with Crippen LogP contribution in [0.4, 0.5) is 4.79 Å². The highest BCUT2D eigenvalue weighted by atomic mass is 16.6. The highest BCUT2D eigenvalue weighted by Crippen LogP contribution is 2.20. The number of likely N-dealkylation sites (N-methyl/N-ethyl adjacent to an activating group) is 1. The molecule has 2 heterocycles. The second-order valence-electron chi connectivity index (χ2n) is 9.16. The van der Waals surface area contributed by atoms with Crippen molar-refractivity contribution in [2.75, 3.05) is 53.5 Å². The van der Waals surface area contributed by atoms with E-state index in [-0.39, 0.29) is 69.7 Å². The van der Waals surface area contributed by atoms with Gasteiger partial charge in [0, 0.05) is 52.8 Å². The quantitative estimate of drug-likeness (QED) is 0.402. The van der Waals surface area contributed by atoms with Gasteiger partial charge in [0.05, 0.1) is 12.3 Å². The number of carboxylic acid groups (broad SMARTS) is 1. The third-order valence-corrected chi connectivity index (χ3v) is 6.12. The summed E-state index contributed by atoms with van der Waals surface area (Å²) in [6, 6.07) is 9.04. The number of ether oxygens (including phenoxy) is 2. The standard InChI is InChI=1S/C26H34N6O8/c1-4-39-26(38)31-14-12-30(13-15-31)25(37)19(10-11-23(34)35)27-24(36)20-16-22(40-17-21(33)29(2)3)32(28-20)18-8-6-5-7-9-18/h5-9,16,19H,4,10-15,17H2,1-3H3,(H,27,36)(H,34,35)/t19-/m0/s1. The Morgan fingerprint density at radius 1 is 1.05 bits per heavy atom. The zero-order valence-electron chi connectivity index (χ0n) is 22.7. The van der Waals surface area contributed by atoms with E-state index in [2.05, 4.69) is 10.4 Å². The molecule has 0 unspecified atom stereocenters. The van der Waals surface area contributed by atoms with Crippen LogP contribution in [0.2, 0.25) is 0 Å². The number of piperazine rings is 1. The average molecular weight is 559 g/mol. The molecule has 0 radical (unpaired) electrons. The van der Waals surface area contributed by atoms with Crippen LogP contribution in [0.1, 0.15) is 30.3 Å². The molecule has 1 fully saturated rings. The van der Waals surface area contributed by atoms with E-state index in [9.17, 15) is 29.1 Å². The van der Waals surface area contributed by atoms with Gasteiger partial charge in [-0.3, -0.25) is 19.2 Å². The molecule has 2 aromatic rings. The summed E-state index contributed by atoms with van der Waals surface area (Å²) in [7, 11) is 3.17. The average Bonchev–Trinajstić information content (AvgIpc) is 3.38. The second kappa shape index (κ2) is 14.0. The first-order valence-corrected chi connectivity index (χ1v) is 12.8. The third kappa shape index (κ3) is 7.94. The van der Waals surface area contributed by atoms with Crippen molar-refractivity contribution in [1.82, 2.24) is 29.8 Å². The zero-order valence-corrected chi connectivity index (χ0v) is 22.7. The maximum Gasteiger partial charge on any atom is 0.409 e. The van der Waals surface area contributed by atoms with Gasteiger partial charge in [0.1, 0.15) is 6.04 Å². The van der Waals surface area contributed by atoms with Crippen molar-refractivity contribution in [3.05, 3.63) is 42.1 Å². The Hall–Kier alpha value is -4.62. The summed E-state index contributed by atoms with van der Waals surface area (Å²) in [6.07, 6.45) is -0.957. The number of carbonyl (C=O) groups excluding carboxylic acids is 4. The minimum atomic E-state index is -1.14. The molecule has 40 heavy (non-hydrogen) atoms. The van der Waals surface area contributed by atoms with Crippen LogP contribution in [0.15, 0.2) is 36.4 Å². The SMILES string of the molecule is CCOC(=O)N1CCN(C(=O)[C@H](CCC(=O)O)NC(=O)c2cc(OCC(=O)N(C)C)n(-c3ccccc3)n2)CC1. The van der Waals surface area contributed by atoms with Gasteiger partial charge in [-0.25, -0.2) is 9.48 Å². The van der Waals surface area contributed by atoms with Gasteiger partial charge in [-0.15, -0.1) is 0 Å². The molecule has 0 spiro atoms. The number of para-hydroxylation sites is 1. The largest absolute Gasteiger partial charge is 0.481 e. The van der Waals surface area contributed by atoms with Crippen molar-refractivity contribution < 1.29 is 38.6 Å². The van der Waals surface area contributed by atoms with Gasteiger partial charge < -0.3 is 34.6 Å². The molecule has 14 nitrogen and oxygen atoms in total. The van der Waals surface area contributed by atoms with Gasteiger partial charge in [-0.1, -0.05) is 18.2 Å². The maximum absolute atomic E-state index is 13.3. The number of nitrogens with zero attached hydrogens (tertiary/aromatic N) is 5. The van der Waals surface area contributed by atoms with Crippen molar-refractivity contribution in [2.45, 2.75) is 25.8 Å². The van der Waals surface area contributed by atoms with Crippen LogP contribution in [-0.2, 0) is 19.1 Å². The van der Waals surface area contributed by atoms with E-state index in [0.717, 1.165) is 0 Å². The number of carbonyl (C=O) groups is 5. The van der Waals surface area contributed by atoms with Crippen LogP contribution >= 0.6 is 0 Å². The summed E-state index contributed by atoms with van der Waals surface area (Å²) < 4.78 is 12.0. The highest BCUT2D eigenvalue weighted by Gasteiger charge is 2.31. The van der Waals surface area contributed by atoms with Gasteiger partial charge in [0.2, 0.25) is 11.8 Å². The number of benzene rings is 1. The zero-order chi connectivity index (χ0) is 29.2. The number of hydrogen-bond acceptors (Lipinski definition) is 8. The summed E-state index contributed by atoms with van der Waals surface area (Å²) in [4.78, 5) is 66.2. The maximum atomic E-state index is 13.3. The van der Waals surface area contributed by atoms with Crippen LogP contribution in [0.5, 0.6) is 5.88 Å². The van der Waals surface area contributed by atoms with Gasteiger partial charge in [-0.2, -0.15) is 5.10 Å². The molecule has 3 rings (SSSR count). The predicted molar refractivity (Wildman–Crippen MR) is 141 cm³/mol. The van der Waals surface area contributed by atoms with Crippen molar-refractivity contribution in [2.24, 2.45) is 0 Å². The predicted octanol–water partition coefficient (Wildman–Crippen LogP) is 0.603. The van der Waals surface area contributed by atoms with E-state index in [1.807, 2.05) is 6.07 Å².